The van der Waals surface area contributed by atoms with Gasteiger partial charge in [-0.15, -0.1) is 0 Å². The van der Waals surface area contributed by atoms with E-state index in [2.05, 4.69) is 30.5 Å². The van der Waals surface area contributed by atoms with Crippen molar-refractivity contribution in [3.8, 4) is 5.75 Å². The van der Waals surface area contributed by atoms with Crippen LogP contribution in [0.25, 0.3) is 0 Å². The minimum absolute atomic E-state index is 0.0123. The van der Waals surface area contributed by atoms with Crippen LogP contribution in [-0.4, -0.2) is 38.4 Å². The molecular weight excluding hydrogens is 316 g/mol. The van der Waals surface area contributed by atoms with Gasteiger partial charge in [-0.3, -0.25) is 0 Å². The molecule has 136 valence electrons. The summed E-state index contributed by atoms with van der Waals surface area (Å²) in [6.45, 7) is 5.83. The third-order valence-corrected chi connectivity index (χ3v) is 6.51. The summed E-state index contributed by atoms with van der Waals surface area (Å²) in [6, 6.07) is 8.26. The molecule has 5 nitrogen and oxygen atoms in total. The topological polar surface area (TPSA) is 59.6 Å². The highest BCUT2D eigenvalue weighted by molar-refractivity contribution is 5.75. The van der Waals surface area contributed by atoms with E-state index in [0.717, 1.165) is 31.6 Å². The van der Waals surface area contributed by atoms with Crippen LogP contribution in [-0.2, 0) is 10.2 Å². The molecule has 0 radical (unpaired) electrons. The van der Waals surface area contributed by atoms with E-state index in [0.29, 0.717) is 18.6 Å². The first-order valence-corrected chi connectivity index (χ1v) is 9.27. The molecule has 25 heavy (non-hydrogen) atoms. The lowest BCUT2D eigenvalue weighted by molar-refractivity contribution is -0.108. The Bertz CT molecular complexity index is 669. The largest absolute Gasteiger partial charge is 0.496 e. The standard InChI is InChI=1S/C20H28N2O3/c1-19(2)16(13-8-11-25-17(13)19)22-18(23)21-12-20(9-10-20)14-6-4-5-7-15(14)24-3/h4-7,13,16-17H,8-12H2,1-3H3,(H2,21,22,23)/t13-,16+,17+/m0/s1. The van der Waals surface area contributed by atoms with Gasteiger partial charge in [-0.25, -0.2) is 4.79 Å². The van der Waals surface area contributed by atoms with Gasteiger partial charge >= 0.3 is 6.03 Å². The monoisotopic (exact) mass is 344 g/mol. The van der Waals surface area contributed by atoms with Crippen molar-refractivity contribution < 1.29 is 14.3 Å². The molecular formula is C20H28N2O3. The normalized spacial score (nSPS) is 30.8. The number of fused-ring (bicyclic) bond motifs is 1. The molecule has 1 aliphatic heterocycles. The molecule has 1 saturated heterocycles. The summed E-state index contributed by atoms with van der Waals surface area (Å²) in [5.41, 5.74) is 1.24. The number of hydrogen-bond acceptors (Lipinski definition) is 3. The minimum atomic E-state index is -0.0652. The molecule has 0 bridgehead atoms. The van der Waals surface area contributed by atoms with Gasteiger partial charge in [-0.1, -0.05) is 32.0 Å². The molecule has 1 aromatic rings. The van der Waals surface area contributed by atoms with E-state index in [1.807, 2.05) is 18.2 Å². The summed E-state index contributed by atoms with van der Waals surface area (Å²) in [6.07, 6.45) is 3.51. The van der Waals surface area contributed by atoms with Crippen molar-refractivity contribution in [3.05, 3.63) is 29.8 Å². The molecule has 1 aromatic carbocycles. The number of carbonyl (C=O) groups excluding carboxylic acids is 1. The summed E-state index contributed by atoms with van der Waals surface area (Å²) in [5.74, 6) is 1.37. The van der Waals surface area contributed by atoms with Crippen LogP contribution in [0.4, 0.5) is 4.79 Å². The van der Waals surface area contributed by atoms with E-state index in [9.17, 15) is 4.79 Å². The quantitative estimate of drug-likeness (QED) is 0.863. The van der Waals surface area contributed by atoms with Crippen molar-refractivity contribution in [1.82, 2.24) is 10.6 Å². The van der Waals surface area contributed by atoms with E-state index in [1.165, 1.54) is 5.56 Å². The average Bonchev–Trinajstić information content (AvgIpc) is 3.27. The first-order valence-electron chi connectivity index (χ1n) is 9.27. The van der Waals surface area contributed by atoms with Gasteiger partial charge in [-0.2, -0.15) is 0 Å². The van der Waals surface area contributed by atoms with Crippen molar-refractivity contribution in [1.29, 1.82) is 0 Å². The molecule has 2 N–H and O–H groups in total. The summed E-state index contributed by atoms with van der Waals surface area (Å²) in [4.78, 5) is 12.5. The third kappa shape index (κ3) is 2.69. The average molecular weight is 344 g/mol. The molecule has 0 unspecified atom stereocenters. The molecule has 2 amide bonds. The Balaban J connectivity index is 1.36. The number of para-hydroxylation sites is 1. The lowest BCUT2D eigenvalue weighted by Crippen LogP contribution is -2.67. The Labute approximate surface area is 149 Å². The van der Waals surface area contributed by atoms with E-state index >= 15 is 0 Å². The Morgan fingerprint density at radius 2 is 2.08 bits per heavy atom. The number of benzene rings is 1. The predicted octanol–water partition coefficient (Wildman–Crippen LogP) is 2.84. The number of carbonyl (C=O) groups is 1. The zero-order valence-electron chi connectivity index (χ0n) is 15.3. The smallest absolute Gasteiger partial charge is 0.315 e. The SMILES string of the molecule is COc1ccccc1C1(CNC(=O)N[C@@H]2[C@@H]3CCO[C@H]3C2(C)C)CC1. The van der Waals surface area contributed by atoms with Crippen molar-refractivity contribution >= 4 is 6.03 Å². The van der Waals surface area contributed by atoms with Crippen LogP contribution in [0.3, 0.4) is 0 Å². The zero-order chi connectivity index (χ0) is 17.7. The van der Waals surface area contributed by atoms with Crippen LogP contribution in [0.5, 0.6) is 5.75 Å². The maximum absolute atomic E-state index is 12.5. The van der Waals surface area contributed by atoms with Crippen LogP contribution >= 0.6 is 0 Å². The number of ether oxygens (including phenoxy) is 2. The van der Waals surface area contributed by atoms with Crippen LogP contribution in [0.15, 0.2) is 24.3 Å². The van der Waals surface area contributed by atoms with Crippen molar-refractivity contribution in [2.75, 3.05) is 20.3 Å². The predicted molar refractivity (Wildman–Crippen MR) is 95.9 cm³/mol. The fourth-order valence-electron chi connectivity index (χ4n) is 4.83. The molecule has 2 aliphatic carbocycles. The first-order chi connectivity index (χ1) is 12.0. The second-order valence-corrected chi connectivity index (χ2v) is 8.35. The highest BCUT2D eigenvalue weighted by Crippen LogP contribution is 2.52. The molecule has 3 atom stereocenters. The van der Waals surface area contributed by atoms with Gasteiger partial charge in [0.25, 0.3) is 0 Å². The Morgan fingerprint density at radius 3 is 2.80 bits per heavy atom. The summed E-state index contributed by atoms with van der Waals surface area (Å²) in [7, 11) is 1.70. The van der Waals surface area contributed by atoms with Crippen molar-refractivity contribution in [2.45, 2.75) is 50.7 Å². The number of rotatable bonds is 5. The van der Waals surface area contributed by atoms with Crippen molar-refractivity contribution in [3.63, 3.8) is 0 Å². The molecule has 4 rings (SSSR count). The van der Waals surface area contributed by atoms with Gasteiger partial charge in [0.1, 0.15) is 5.75 Å². The fourth-order valence-corrected chi connectivity index (χ4v) is 4.83. The Morgan fingerprint density at radius 1 is 1.32 bits per heavy atom. The van der Waals surface area contributed by atoms with E-state index in [4.69, 9.17) is 9.47 Å². The van der Waals surface area contributed by atoms with Gasteiger partial charge in [0.15, 0.2) is 0 Å². The lowest BCUT2D eigenvalue weighted by atomic mass is 9.57. The first kappa shape index (κ1) is 16.7. The molecule has 0 spiro atoms. The van der Waals surface area contributed by atoms with Crippen molar-refractivity contribution in [2.24, 2.45) is 11.3 Å². The number of hydrogen-bond donors (Lipinski definition) is 2. The van der Waals surface area contributed by atoms with E-state index in [1.54, 1.807) is 7.11 Å². The maximum Gasteiger partial charge on any atom is 0.315 e. The highest BCUT2D eigenvalue weighted by atomic mass is 16.5. The second-order valence-electron chi connectivity index (χ2n) is 8.35. The molecule has 5 heteroatoms. The second kappa shape index (κ2) is 5.90. The van der Waals surface area contributed by atoms with E-state index < -0.39 is 0 Å². The van der Waals surface area contributed by atoms with E-state index in [-0.39, 0.29) is 22.9 Å². The minimum Gasteiger partial charge on any atom is -0.496 e. The van der Waals surface area contributed by atoms with Crippen LogP contribution in [0.1, 0.15) is 38.7 Å². The highest BCUT2D eigenvalue weighted by Gasteiger charge is 2.59. The zero-order valence-corrected chi connectivity index (χ0v) is 15.3. The summed E-state index contributed by atoms with van der Waals surface area (Å²) >= 11 is 0. The molecule has 3 fully saturated rings. The number of urea groups is 1. The van der Waals surface area contributed by atoms with Gasteiger partial charge in [0.05, 0.1) is 13.2 Å². The molecule has 0 aromatic heterocycles. The Hall–Kier alpha value is -1.75. The van der Waals surface area contributed by atoms with Crippen LogP contribution in [0, 0.1) is 11.3 Å². The molecule has 2 saturated carbocycles. The van der Waals surface area contributed by atoms with Gasteiger partial charge in [-0.05, 0) is 25.3 Å². The fraction of sp³-hybridized carbons (Fsp3) is 0.650. The summed E-state index contributed by atoms with van der Waals surface area (Å²) < 4.78 is 11.3. The maximum atomic E-state index is 12.5. The third-order valence-electron chi connectivity index (χ3n) is 6.51. The number of nitrogens with one attached hydrogen (secondary N) is 2. The number of amides is 2. The number of methoxy groups -OCH3 is 1. The molecule has 3 aliphatic rings. The van der Waals surface area contributed by atoms with Gasteiger partial charge < -0.3 is 20.1 Å². The van der Waals surface area contributed by atoms with Crippen LogP contribution < -0.4 is 15.4 Å². The van der Waals surface area contributed by atoms with Gasteiger partial charge in [0.2, 0.25) is 0 Å². The summed E-state index contributed by atoms with van der Waals surface area (Å²) in [5, 5.41) is 6.30. The molecule has 1 heterocycles. The van der Waals surface area contributed by atoms with Crippen LogP contribution in [0.2, 0.25) is 0 Å². The van der Waals surface area contributed by atoms with Gasteiger partial charge in [0, 0.05) is 41.5 Å². The Kier molecular flexibility index (Phi) is 3.95. The lowest BCUT2D eigenvalue weighted by Gasteiger charge is -2.54.